The monoisotopic (exact) mass is 441 g/mol. The van der Waals surface area contributed by atoms with Crippen LogP contribution < -0.4 is 0 Å². The topological polar surface area (TPSA) is 84.7 Å². The number of piperidine rings is 1. The number of aliphatic hydroxyl groups is 1. The Labute approximate surface area is 181 Å². The summed E-state index contributed by atoms with van der Waals surface area (Å²) in [5.41, 5.74) is 0.960. The van der Waals surface area contributed by atoms with Crippen LogP contribution in [-0.4, -0.2) is 66.6 Å². The first kappa shape index (κ1) is 23.7. The highest BCUT2D eigenvalue weighted by atomic mass is 32.2. The Morgan fingerprint density at radius 3 is 2.63 bits per heavy atom. The zero-order valence-corrected chi connectivity index (χ0v) is 19.3. The van der Waals surface area contributed by atoms with Crippen LogP contribution in [0.15, 0.2) is 11.4 Å². The molecule has 2 fully saturated rings. The molecule has 1 aromatic heterocycles. The predicted molar refractivity (Wildman–Crippen MR) is 117 cm³/mol. The van der Waals surface area contributed by atoms with Crippen molar-refractivity contribution in [1.29, 1.82) is 0 Å². The third-order valence-corrected chi connectivity index (χ3v) is 8.86. The summed E-state index contributed by atoms with van der Waals surface area (Å²) in [5, 5.41) is 9.05. The van der Waals surface area contributed by atoms with Crippen LogP contribution in [0.5, 0.6) is 0 Å². The molecule has 7 nitrogen and oxygen atoms in total. The molecule has 3 rings (SSSR count). The van der Waals surface area contributed by atoms with Gasteiger partial charge in [0.05, 0.1) is 23.7 Å². The molecule has 1 unspecified atom stereocenters. The lowest BCUT2D eigenvalue weighted by Gasteiger charge is -2.32. The maximum Gasteiger partial charge on any atom is 0.228 e. The van der Waals surface area contributed by atoms with Gasteiger partial charge in [-0.25, -0.2) is 13.4 Å². The van der Waals surface area contributed by atoms with Crippen molar-refractivity contribution in [3.63, 3.8) is 0 Å². The van der Waals surface area contributed by atoms with E-state index in [0.717, 1.165) is 76.6 Å². The van der Waals surface area contributed by atoms with Crippen molar-refractivity contribution in [1.82, 2.24) is 14.5 Å². The quantitative estimate of drug-likeness (QED) is 0.562. The van der Waals surface area contributed by atoms with E-state index >= 15 is 0 Å². The van der Waals surface area contributed by atoms with Gasteiger partial charge < -0.3 is 14.4 Å². The lowest BCUT2D eigenvalue weighted by Crippen LogP contribution is -2.36. The number of hydrogen-bond donors (Lipinski definition) is 1. The van der Waals surface area contributed by atoms with E-state index in [9.17, 15) is 8.42 Å². The summed E-state index contributed by atoms with van der Waals surface area (Å²) in [5.74, 6) is 0.607. The molecule has 1 aliphatic heterocycles. The van der Waals surface area contributed by atoms with Crippen molar-refractivity contribution in [2.45, 2.75) is 87.7 Å². The molecule has 1 aromatic rings. The molecule has 0 amide bonds. The molecule has 1 atom stereocenters. The zero-order valence-electron chi connectivity index (χ0n) is 18.5. The minimum atomic E-state index is -3.44. The van der Waals surface area contributed by atoms with Crippen LogP contribution >= 0.6 is 0 Å². The van der Waals surface area contributed by atoms with E-state index in [1.165, 1.54) is 6.42 Å². The van der Waals surface area contributed by atoms with Crippen molar-refractivity contribution in [3.05, 3.63) is 11.9 Å². The van der Waals surface area contributed by atoms with Crippen molar-refractivity contribution in [2.24, 2.45) is 5.92 Å². The van der Waals surface area contributed by atoms with Gasteiger partial charge in [0, 0.05) is 33.4 Å². The standard InChI is InChI=1S/C22H39N3O4S/c1-29-15-13-25-20(18-24-12-6-8-19(17-24)9-7-14-26)16-23-22(25)30(27,28)21-10-4-2-3-5-11-21/h16,19,21,26H,2-15,17-18H2,1H3. The van der Waals surface area contributed by atoms with Crippen molar-refractivity contribution >= 4 is 9.84 Å². The molecule has 0 bridgehead atoms. The first-order valence-electron chi connectivity index (χ1n) is 11.7. The van der Waals surface area contributed by atoms with Crippen molar-refractivity contribution < 1.29 is 18.3 Å². The van der Waals surface area contributed by atoms with Crippen LogP contribution in [0.4, 0.5) is 0 Å². The largest absolute Gasteiger partial charge is 0.396 e. The van der Waals surface area contributed by atoms with Crippen molar-refractivity contribution in [3.8, 4) is 0 Å². The molecule has 1 saturated carbocycles. The molecule has 1 saturated heterocycles. The Kier molecular flexibility index (Phi) is 9.16. The van der Waals surface area contributed by atoms with Crippen LogP contribution in [-0.2, 0) is 27.7 Å². The number of rotatable bonds is 10. The molecule has 2 aliphatic rings. The second kappa shape index (κ2) is 11.6. The fourth-order valence-corrected chi connectivity index (χ4v) is 6.98. The highest BCUT2D eigenvalue weighted by Gasteiger charge is 2.33. The lowest BCUT2D eigenvalue weighted by molar-refractivity contribution is 0.147. The van der Waals surface area contributed by atoms with Crippen LogP contribution in [0.25, 0.3) is 0 Å². The second-order valence-corrected chi connectivity index (χ2v) is 11.1. The van der Waals surface area contributed by atoms with Gasteiger partial charge in [0.25, 0.3) is 0 Å². The SMILES string of the molecule is COCCn1c(CN2CCCC(CCCO)C2)cnc1S(=O)(=O)C1CCCCCC1. The van der Waals surface area contributed by atoms with Gasteiger partial charge in [-0.1, -0.05) is 25.7 Å². The summed E-state index contributed by atoms with van der Waals surface area (Å²) in [6, 6.07) is 0. The molecule has 30 heavy (non-hydrogen) atoms. The third-order valence-electron chi connectivity index (χ3n) is 6.68. The Morgan fingerprint density at radius 1 is 1.17 bits per heavy atom. The normalized spacial score (nSPS) is 22.3. The number of sulfone groups is 1. The maximum absolute atomic E-state index is 13.4. The van der Waals surface area contributed by atoms with E-state index in [2.05, 4.69) is 9.88 Å². The van der Waals surface area contributed by atoms with Gasteiger partial charge in [-0.3, -0.25) is 4.90 Å². The van der Waals surface area contributed by atoms with Crippen LogP contribution in [0.1, 0.15) is 69.9 Å². The number of aromatic nitrogens is 2. The Hall–Kier alpha value is -0.960. The van der Waals surface area contributed by atoms with Crippen LogP contribution in [0.2, 0.25) is 0 Å². The first-order valence-corrected chi connectivity index (χ1v) is 13.2. The van der Waals surface area contributed by atoms with E-state index in [0.29, 0.717) is 25.6 Å². The average molecular weight is 442 g/mol. The number of aliphatic hydroxyl groups excluding tert-OH is 1. The van der Waals surface area contributed by atoms with Crippen LogP contribution in [0.3, 0.4) is 0 Å². The molecule has 0 aromatic carbocycles. The molecule has 8 heteroatoms. The average Bonchev–Trinajstić information content (AvgIpc) is 2.95. The highest BCUT2D eigenvalue weighted by Crippen LogP contribution is 2.29. The molecule has 172 valence electrons. The smallest absolute Gasteiger partial charge is 0.228 e. The predicted octanol–water partition coefficient (Wildman–Crippen LogP) is 3.01. The number of ether oxygens (including phenoxy) is 1. The summed E-state index contributed by atoms with van der Waals surface area (Å²) in [6.07, 6.45) is 11.7. The highest BCUT2D eigenvalue weighted by molar-refractivity contribution is 7.91. The number of methoxy groups -OCH3 is 1. The molecular weight excluding hydrogens is 402 g/mol. The molecule has 1 N–H and O–H groups in total. The fourth-order valence-electron chi connectivity index (χ4n) is 5.01. The Morgan fingerprint density at radius 2 is 1.93 bits per heavy atom. The molecule has 1 aliphatic carbocycles. The van der Waals surface area contributed by atoms with Crippen LogP contribution in [0, 0.1) is 5.92 Å². The van der Waals surface area contributed by atoms with E-state index in [-0.39, 0.29) is 17.0 Å². The second-order valence-electron chi connectivity index (χ2n) is 8.94. The summed E-state index contributed by atoms with van der Waals surface area (Å²) in [6.45, 7) is 3.97. The summed E-state index contributed by atoms with van der Waals surface area (Å²) >= 11 is 0. The van der Waals surface area contributed by atoms with Gasteiger partial charge in [0.15, 0.2) is 0 Å². The van der Waals surface area contributed by atoms with E-state index in [1.54, 1.807) is 13.3 Å². The fraction of sp³-hybridized carbons (Fsp3) is 0.864. The van der Waals surface area contributed by atoms with Gasteiger partial charge in [0.2, 0.25) is 15.0 Å². The van der Waals surface area contributed by atoms with Gasteiger partial charge >= 0.3 is 0 Å². The zero-order chi connectivity index (χ0) is 21.4. The minimum Gasteiger partial charge on any atom is -0.396 e. The van der Waals surface area contributed by atoms with Gasteiger partial charge in [-0.2, -0.15) is 0 Å². The molecule has 2 heterocycles. The van der Waals surface area contributed by atoms with Gasteiger partial charge in [-0.05, 0) is 51.0 Å². The third kappa shape index (κ3) is 6.05. The van der Waals surface area contributed by atoms with E-state index in [4.69, 9.17) is 9.84 Å². The maximum atomic E-state index is 13.4. The molecule has 0 spiro atoms. The summed E-state index contributed by atoms with van der Waals surface area (Å²) < 4.78 is 34.0. The molecular formula is C22H39N3O4S. The summed E-state index contributed by atoms with van der Waals surface area (Å²) in [4.78, 5) is 6.85. The number of hydrogen-bond acceptors (Lipinski definition) is 6. The molecule has 0 radical (unpaired) electrons. The minimum absolute atomic E-state index is 0.232. The number of likely N-dealkylation sites (tertiary alicyclic amines) is 1. The number of imidazole rings is 1. The van der Waals surface area contributed by atoms with Gasteiger partial charge in [0.1, 0.15) is 0 Å². The number of nitrogens with zero attached hydrogens (tertiary/aromatic N) is 3. The Balaban J connectivity index is 1.77. The van der Waals surface area contributed by atoms with E-state index in [1.807, 2.05) is 4.57 Å². The van der Waals surface area contributed by atoms with Gasteiger partial charge in [-0.15, -0.1) is 0 Å². The first-order chi connectivity index (χ1) is 14.6. The summed E-state index contributed by atoms with van der Waals surface area (Å²) in [7, 11) is -1.79. The van der Waals surface area contributed by atoms with E-state index < -0.39 is 9.84 Å². The van der Waals surface area contributed by atoms with Crippen molar-refractivity contribution in [2.75, 3.05) is 33.4 Å². The lowest BCUT2D eigenvalue weighted by atomic mass is 9.93. The Bertz CT molecular complexity index is 742.